The lowest BCUT2D eigenvalue weighted by molar-refractivity contribution is 0.414. The molecule has 3 heterocycles. The smallest absolute Gasteiger partial charge is 0.174 e. The summed E-state index contributed by atoms with van der Waals surface area (Å²) < 4.78 is 11.8. The first-order chi connectivity index (χ1) is 16.0. The zero-order chi connectivity index (χ0) is 22.9. The molecule has 1 saturated heterocycles. The summed E-state index contributed by atoms with van der Waals surface area (Å²) in [5.41, 5.74) is 3.74. The molecule has 2 aromatic carbocycles. The molecule has 2 atom stereocenters. The number of hydrogen-bond donors (Lipinski definition) is 1. The summed E-state index contributed by atoms with van der Waals surface area (Å²) in [4.78, 5) is 6.64. The number of furan rings is 1. The second-order valence-corrected chi connectivity index (χ2v) is 8.66. The maximum Gasteiger partial charge on any atom is 0.174 e. The molecule has 5 rings (SSSR count). The van der Waals surface area contributed by atoms with E-state index in [0.29, 0.717) is 10.1 Å². The van der Waals surface area contributed by atoms with Gasteiger partial charge >= 0.3 is 0 Å². The van der Waals surface area contributed by atoms with Crippen molar-refractivity contribution in [1.82, 2.24) is 10.3 Å². The molecule has 1 N–H and O–H groups in total. The number of hydrogen-bond acceptors (Lipinski definition) is 4. The van der Waals surface area contributed by atoms with Crippen molar-refractivity contribution in [3.05, 3.63) is 101 Å². The Bertz CT molecular complexity index is 1310. The fourth-order valence-corrected chi connectivity index (χ4v) is 4.62. The van der Waals surface area contributed by atoms with E-state index in [9.17, 15) is 0 Å². The lowest BCUT2D eigenvalue weighted by Crippen LogP contribution is -2.29. The molecular formula is C26H22ClN3O2S. The van der Waals surface area contributed by atoms with Crippen molar-refractivity contribution in [1.29, 1.82) is 0 Å². The zero-order valence-electron chi connectivity index (χ0n) is 18.2. The Kier molecular flexibility index (Phi) is 5.79. The van der Waals surface area contributed by atoms with E-state index in [2.05, 4.69) is 15.2 Å². The number of anilines is 1. The van der Waals surface area contributed by atoms with Crippen LogP contribution in [0.3, 0.4) is 0 Å². The van der Waals surface area contributed by atoms with Gasteiger partial charge in [-0.1, -0.05) is 35.9 Å². The second-order valence-electron chi connectivity index (χ2n) is 7.86. The molecule has 0 unspecified atom stereocenters. The highest BCUT2D eigenvalue weighted by Crippen LogP contribution is 2.43. The van der Waals surface area contributed by atoms with Gasteiger partial charge in [0.15, 0.2) is 5.11 Å². The highest BCUT2D eigenvalue weighted by Gasteiger charge is 2.42. The number of halogens is 1. The lowest BCUT2D eigenvalue weighted by Gasteiger charge is -2.26. The SMILES string of the molecule is COc1cccc(N2C(=S)N[C@@H](c3ccccn3)[C@@H]2c2ccc(-c3ccc(C)c(Cl)c3)o2)c1. The van der Waals surface area contributed by atoms with E-state index in [4.69, 9.17) is 33.0 Å². The third-order valence-electron chi connectivity index (χ3n) is 5.80. The number of thiocarbonyl (C=S) groups is 1. The molecule has 5 nitrogen and oxygen atoms in total. The molecule has 0 amide bonds. The predicted octanol–water partition coefficient (Wildman–Crippen LogP) is 6.49. The number of methoxy groups -OCH3 is 1. The normalized spacial score (nSPS) is 17.8. The number of rotatable bonds is 5. The quantitative estimate of drug-likeness (QED) is 0.333. The molecule has 1 aliphatic heterocycles. The van der Waals surface area contributed by atoms with Crippen molar-refractivity contribution in [3.63, 3.8) is 0 Å². The van der Waals surface area contributed by atoms with E-state index in [1.165, 1.54) is 0 Å². The largest absolute Gasteiger partial charge is 0.497 e. The summed E-state index contributed by atoms with van der Waals surface area (Å²) in [5.74, 6) is 2.27. The van der Waals surface area contributed by atoms with Crippen LogP contribution in [0.2, 0.25) is 5.02 Å². The minimum absolute atomic E-state index is 0.189. The van der Waals surface area contributed by atoms with Crippen LogP contribution in [0, 0.1) is 6.92 Å². The number of benzene rings is 2. The molecule has 2 aromatic heterocycles. The highest BCUT2D eigenvalue weighted by atomic mass is 35.5. The van der Waals surface area contributed by atoms with Gasteiger partial charge in [0, 0.05) is 28.5 Å². The van der Waals surface area contributed by atoms with Gasteiger partial charge in [0.05, 0.1) is 18.8 Å². The summed E-state index contributed by atoms with van der Waals surface area (Å²) >= 11 is 12.1. The number of pyridine rings is 1. The van der Waals surface area contributed by atoms with Gasteiger partial charge in [-0.25, -0.2) is 0 Å². The first-order valence-electron chi connectivity index (χ1n) is 10.6. The summed E-state index contributed by atoms with van der Waals surface area (Å²) in [6.07, 6.45) is 1.78. The van der Waals surface area contributed by atoms with E-state index >= 15 is 0 Å². The van der Waals surface area contributed by atoms with Gasteiger partial charge in [-0.15, -0.1) is 0 Å². The van der Waals surface area contributed by atoms with Crippen LogP contribution in [-0.4, -0.2) is 17.2 Å². The Labute approximate surface area is 203 Å². The summed E-state index contributed by atoms with van der Waals surface area (Å²) in [5, 5.41) is 4.75. The zero-order valence-corrected chi connectivity index (χ0v) is 19.7. The Morgan fingerprint density at radius 2 is 1.94 bits per heavy atom. The van der Waals surface area contributed by atoms with Crippen LogP contribution in [0.15, 0.2) is 83.4 Å². The van der Waals surface area contributed by atoms with Gasteiger partial charge in [-0.05, 0) is 67.2 Å². The van der Waals surface area contributed by atoms with Gasteiger partial charge in [0.25, 0.3) is 0 Å². The molecule has 0 aliphatic carbocycles. The Morgan fingerprint density at radius 3 is 2.70 bits per heavy atom. The van der Waals surface area contributed by atoms with Crippen LogP contribution in [0.25, 0.3) is 11.3 Å². The minimum Gasteiger partial charge on any atom is -0.497 e. The Morgan fingerprint density at radius 1 is 1.06 bits per heavy atom. The highest BCUT2D eigenvalue weighted by molar-refractivity contribution is 7.80. The first-order valence-corrected chi connectivity index (χ1v) is 11.3. The Balaban J connectivity index is 1.60. The number of aryl methyl sites for hydroxylation is 1. The second kappa shape index (κ2) is 8.89. The predicted molar refractivity (Wildman–Crippen MR) is 135 cm³/mol. The molecule has 0 radical (unpaired) electrons. The topological polar surface area (TPSA) is 50.5 Å². The molecular weight excluding hydrogens is 454 g/mol. The molecule has 0 bridgehead atoms. The van der Waals surface area contributed by atoms with Crippen LogP contribution in [0.4, 0.5) is 5.69 Å². The van der Waals surface area contributed by atoms with Crippen molar-refractivity contribution in [3.8, 4) is 17.1 Å². The summed E-state index contributed by atoms with van der Waals surface area (Å²) in [6.45, 7) is 1.98. The standard InChI is InChI=1S/C26H22ClN3O2S/c1-16-9-10-17(14-20(16)27)22-11-12-23(32-22)25-24(21-8-3-4-13-28-21)29-26(33)30(25)18-6-5-7-19(15-18)31-2/h3-15,24-25H,1-2H3,(H,29,33)/t24-,25-/m0/s1. The van der Waals surface area contributed by atoms with Crippen LogP contribution in [0.5, 0.6) is 5.75 Å². The fourth-order valence-electron chi connectivity index (χ4n) is 4.10. The number of nitrogens with zero attached hydrogens (tertiary/aromatic N) is 2. The van der Waals surface area contributed by atoms with Crippen molar-refractivity contribution < 1.29 is 9.15 Å². The van der Waals surface area contributed by atoms with Crippen LogP contribution < -0.4 is 15.0 Å². The molecule has 1 aliphatic rings. The van der Waals surface area contributed by atoms with E-state index in [0.717, 1.165) is 39.8 Å². The first kappa shape index (κ1) is 21.5. The number of aromatic nitrogens is 1. The monoisotopic (exact) mass is 475 g/mol. The van der Waals surface area contributed by atoms with Crippen molar-refractivity contribution in [2.75, 3.05) is 12.0 Å². The molecule has 1 fully saturated rings. The lowest BCUT2D eigenvalue weighted by atomic mass is 10.0. The average Bonchev–Trinajstić information content (AvgIpc) is 3.46. The van der Waals surface area contributed by atoms with E-state index in [1.807, 2.05) is 79.7 Å². The molecule has 7 heteroatoms. The molecule has 166 valence electrons. The van der Waals surface area contributed by atoms with Crippen molar-refractivity contribution in [2.45, 2.75) is 19.0 Å². The van der Waals surface area contributed by atoms with Gasteiger partial charge in [0.2, 0.25) is 0 Å². The number of ether oxygens (including phenoxy) is 1. The van der Waals surface area contributed by atoms with Gasteiger partial charge in [-0.3, -0.25) is 4.98 Å². The van der Waals surface area contributed by atoms with E-state index < -0.39 is 0 Å². The number of nitrogens with one attached hydrogen (secondary N) is 1. The molecule has 4 aromatic rings. The van der Waals surface area contributed by atoms with Gasteiger partial charge in [-0.2, -0.15) is 0 Å². The molecule has 33 heavy (non-hydrogen) atoms. The third-order valence-corrected chi connectivity index (χ3v) is 6.53. The maximum absolute atomic E-state index is 6.40. The summed E-state index contributed by atoms with van der Waals surface area (Å²) in [6, 6.07) is 23.2. The minimum atomic E-state index is -0.242. The van der Waals surface area contributed by atoms with Gasteiger partial charge < -0.3 is 19.4 Å². The van der Waals surface area contributed by atoms with Crippen molar-refractivity contribution in [2.24, 2.45) is 0 Å². The van der Waals surface area contributed by atoms with Crippen LogP contribution in [-0.2, 0) is 0 Å². The Hall–Kier alpha value is -3.35. The maximum atomic E-state index is 6.40. The van der Waals surface area contributed by atoms with E-state index in [1.54, 1.807) is 13.3 Å². The van der Waals surface area contributed by atoms with Crippen LogP contribution in [0.1, 0.15) is 29.1 Å². The summed E-state index contributed by atoms with van der Waals surface area (Å²) in [7, 11) is 1.65. The third kappa shape index (κ3) is 4.08. The van der Waals surface area contributed by atoms with E-state index in [-0.39, 0.29) is 12.1 Å². The molecule has 0 spiro atoms. The van der Waals surface area contributed by atoms with Gasteiger partial charge in [0.1, 0.15) is 23.3 Å². The van der Waals surface area contributed by atoms with Crippen LogP contribution >= 0.6 is 23.8 Å². The molecule has 0 saturated carbocycles. The van der Waals surface area contributed by atoms with Crippen molar-refractivity contribution >= 4 is 34.6 Å². The average molecular weight is 476 g/mol. The fraction of sp³-hybridized carbons (Fsp3) is 0.154.